The van der Waals surface area contributed by atoms with E-state index in [1.165, 1.54) is 11.0 Å². The van der Waals surface area contributed by atoms with E-state index in [-0.39, 0.29) is 24.4 Å². The van der Waals surface area contributed by atoms with E-state index >= 15 is 0 Å². The van der Waals surface area contributed by atoms with Crippen LogP contribution in [0.15, 0.2) is 12.7 Å². The van der Waals surface area contributed by atoms with Crippen LogP contribution in [0.2, 0.25) is 0 Å². The minimum Gasteiger partial charge on any atom is -0.344 e. The van der Waals surface area contributed by atoms with Gasteiger partial charge in [0.25, 0.3) is 0 Å². The average molecular weight is 304 g/mol. The normalized spacial score (nSPS) is 17.6. The maximum absolute atomic E-state index is 12.6. The molecule has 1 aliphatic heterocycles. The molecule has 2 rings (SSSR count). The molecular weight excluding hydrogens is 280 g/mol. The maximum Gasteiger partial charge on any atom is 0.246 e. The summed E-state index contributed by atoms with van der Waals surface area (Å²) in [6.07, 6.45) is 3.11. The highest BCUT2D eigenvalue weighted by Gasteiger charge is 2.33. The van der Waals surface area contributed by atoms with Gasteiger partial charge in [0.2, 0.25) is 11.8 Å². The van der Waals surface area contributed by atoms with Crippen molar-refractivity contribution in [1.29, 1.82) is 0 Å². The molecule has 1 aliphatic rings. The van der Waals surface area contributed by atoms with Gasteiger partial charge in [-0.1, -0.05) is 6.58 Å². The summed E-state index contributed by atoms with van der Waals surface area (Å²) in [5.74, 6) is 0.599. The predicted octanol–water partition coefficient (Wildman–Crippen LogP) is 1.72. The van der Waals surface area contributed by atoms with Crippen molar-refractivity contribution < 1.29 is 9.59 Å². The van der Waals surface area contributed by atoms with E-state index in [0.29, 0.717) is 13.1 Å². The molecule has 1 N–H and O–H groups in total. The van der Waals surface area contributed by atoms with Crippen LogP contribution in [-0.2, 0) is 9.59 Å². The lowest BCUT2D eigenvalue weighted by molar-refractivity contribution is -0.138. The monoisotopic (exact) mass is 304 g/mol. The first-order valence-electron chi connectivity index (χ1n) is 7.71. The summed E-state index contributed by atoms with van der Waals surface area (Å²) in [6, 6.07) is -0.0163. The molecule has 1 atom stereocenters. The molecule has 0 spiro atoms. The van der Waals surface area contributed by atoms with Gasteiger partial charge in [-0.3, -0.25) is 9.59 Å². The molecule has 1 aromatic heterocycles. The topological polar surface area (TPSA) is 69.3 Å². The van der Waals surface area contributed by atoms with Crippen molar-refractivity contribution in [3.05, 3.63) is 29.9 Å². The molecule has 0 radical (unpaired) electrons. The summed E-state index contributed by atoms with van der Waals surface area (Å²) in [7, 11) is 0. The number of carbonyl (C=O) groups is 2. The minimum atomic E-state index is -0.212. The number of H-pyrrole nitrogens is 1. The number of imidazole rings is 1. The number of nitrogens with one attached hydrogen (secondary N) is 1. The fraction of sp³-hybridized carbons (Fsp3) is 0.562. The summed E-state index contributed by atoms with van der Waals surface area (Å²) in [4.78, 5) is 35.4. The second-order valence-electron chi connectivity index (χ2n) is 5.63. The number of likely N-dealkylation sites (N-methyl/N-ethyl adjacent to an activating group) is 1. The predicted molar refractivity (Wildman–Crippen MR) is 84.2 cm³/mol. The summed E-state index contributed by atoms with van der Waals surface area (Å²) in [5.41, 5.74) is 2.00. The smallest absolute Gasteiger partial charge is 0.246 e. The zero-order valence-corrected chi connectivity index (χ0v) is 13.6. The number of nitrogens with zero attached hydrogens (tertiary/aromatic N) is 3. The van der Waals surface area contributed by atoms with E-state index in [1.54, 1.807) is 0 Å². The molecule has 2 heterocycles. The number of aromatic nitrogens is 2. The largest absolute Gasteiger partial charge is 0.344 e. The number of rotatable bonds is 5. The molecule has 6 heteroatoms. The van der Waals surface area contributed by atoms with Crippen LogP contribution in [0.1, 0.15) is 43.0 Å². The fourth-order valence-corrected chi connectivity index (χ4v) is 2.81. The first kappa shape index (κ1) is 16.3. The molecule has 0 bridgehead atoms. The van der Waals surface area contributed by atoms with Crippen LogP contribution in [0.25, 0.3) is 0 Å². The van der Waals surface area contributed by atoms with Crippen molar-refractivity contribution in [3.8, 4) is 0 Å². The molecule has 0 aromatic carbocycles. The van der Waals surface area contributed by atoms with Gasteiger partial charge in [0.15, 0.2) is 0 Å². The highest BCUT2D eigenvalue weighted by Crippen LogP contribution is 2.30. The number of amides is 2. The van der Waals surface area contributed by atoms with Crippen LogP contribution in [-0.4, -0.2) is 51.2 Å². The Morgan fingerprint density at radius 3 is 2.77 bits per heavy atom. The van der Waals surface area contributed by atoms with Gasteiger partial charge in [0.1, 0.15) is 12.4 Å². The van der Waals surface area contributed by atoms with Crippen LogP contribution in [0, 0.1) is 13.8 Å². The van der Waals surface area contributed by atoms with E-state index in [1.807, 2.05) is 25.7 Å². The Morgan fingerprint density at radius 2 is 2.23 bits per heavy atom. The second kappa shape index (κ2) is 6.77. The molecule has 120 valence electrons. The summed E-state index contributed by atoms with van der Waals surface area (Å²) < 4.78 is 0. The number of aromatic amines is 1. The Hall–Kier alpha value is -2.11. The van der Waals surface area contributed by atoms with Crippen molar-refractivity contribution in [2.45, 2.75) is 39.7 Å². The van der Waals surface area contributed by atoms with Gasteiger partial charge in [-0.25, -0.2) is 4.98 Å². The first-order valence-corrected chi connectivity index (χ1v) is 7.71. The van der Waals surface area contributed by atoms with E-state index < -0.39 is 0 Å². The van der Waals surface area contributed by atoms with E-state index in [4.69, 9.17) is 0 Å². The third kappa shape index (κ3) is 3.21. The number of hydrogen-bond acceptors (Lipinski definition) is 3. The fourth-order valence-electron chi connectivity index (χ4n) is 2.81. The van der Waals surface area contributed by atoms with Crippen LogP contribution in [0.5, 0.6) is 0 Å². The quantitative estimate of drug-likeness (QED) is 0.842. The molecular formula is C16H24N4O2. The Labute approximate surface area is 131 Å². The lowest BCUT2D eigenvalue weighted by Crippen LogP contribution is -2.42. The van der Waals surface area contributed by atoms with Crippen molar-refractivity contribution in [2.75, 3.05) is 19.6 Å². The van der Waals surface area contributed by atoms with Gasteiger partial charge in [-0.15, -0.1) is 0 Å². The van der Waals surface area contributed by atoms with E-state index in [0.717, 1.165) is 30.1 Å². The summed E-state index contributed by atoms with van der Waals surface area (Å²) >= 11 is 0. The number of aryl methyl sites for hydroxylation is 2. The van der Waals surface area contributed by atoms with Crippen LogP contribution in [0.4, 0.5) is 0 Å². The van der Waals surface area contributed by atoms with Crippen LogP contribution in [0.3, 0.4) is 0 Å². The van der Waals surface area contributed by atoms with Crippen molar-refractivity contribution in [2.24, 2.45) is 0 Å². The van der Waals surface area contributed by atoms with Gasteiger partial charge in [-0.2, -0.15) is 0 Å². The SMILES string of the molecule is C=CC(=O)N(CC)CC(=O)N1CCCC1c1nc(C)c(C)[nH]1. The highest BCUT2D eigenvalue weighted by atomic mass is 16.2. The van der Waals surface area contributed by atoms with Crippen molar-refractivity contribution >= 4 is 11.8 Å². The highest BCUT2D eigenvalue weighted by molar-refractivity contribution is 5.91. The van der Waals surface area contributed by atoms with Crippen molar-refractivity contribution in [1.82, 2.24) is 19.8 Å². The molecule has 1 unspecified atom stereocenters. The number of carbonyl (C=O) groups excluding carboxylic acids is 2. The third-order valence-corrected chi connectivity index (χ3v) is 4.23. The van der Waals surface area contributed by atoms with Crippen LogP contribution < -0.4 is 0 Å². The lowest BCUT2D eigenvalue weighted by atomic mass is 10.2. The standard InChI is InChI=1S/C16H24N4O2/c1-5-14(21)19(6-2)10-15(22)20-9-7-8-13(20)16-17-11(3)12(4)18-16/h5,13H,1,6-10H2,2-4H3,(H,17,18). The second-order valence-corrected chi connectivity index (χ2v) is 5.63. The minimum absolute atomic E-state index is 0.0163. The van der Waals surface area contributed by atoms with Gasteiger partial charge < -0.3 is 14.8 Å². The zero-order chi connectivity index (χ0) is 16.3. The Balaban J connectivity index is 2.11. The van der Waals surface area contributed by atoms with Gasteiger partial charge in [0.05, 0.1) is 11.7 Å². The molecule has 1 aromatic rings. The van der Waals surface area contributed by atoms with E-state index in [9.17, 15) is 9.59 Å². The summed E-state index contributed by atoms with van der Waals surface area (Å²) in [5, 5.41) is 0. The number of hydrogen-bond donors (Lipinski definition) is 1. The Morgan fingerprint density at radius 1 is 1.50 bits per heavy atom. The number of likely N-dealkylation sites (tertiary alicyclic amines) is 1. The van der Waals surface area contributed by atoms with Crippen molar-refractivity contribution in [3.63, 3.8) is 0 Å². The maximum atomic E-state index is 12.6. The average Bonchev–Trinajstić information content (AvgIpc) is 3.11. The molecule has 1 saturated heterocycles. The molecule has 2 amide bonds. The molecule has 6 nitrogen and oxygen atoms in total. The Bertz CT molecular complexity index is 559. The van der Waals surface area contributed by atoms with E-state index in [2.05, 4.69) is 16.5 Å². The first-order chi connectivity index (χ1) is 10.5. The summed E-state index contributed by atoms with van der Waals surface area (Å²) in [6.45, 7) is 10.6. The Kier molecular flexibility index (Phi) is 5.00. The lowest BCUT2D eigenvalue weighted by Gasteiger charge is -2.27. The van der Waals surface area contributed by atoms with Gasteiger partial charge >= 0.3 is 0 Å². The zero-order valence-electron chi connectivity index (χ0n) is 13.6. The molecule has 1 fully saturated rings. The van der Waals surface area contributed by atoms with Crippen LogP contribution >= 0.6 is 0 Å². The van der Waals surface area contributed by atoms with Gasteiger partial charge in [0, 0.05) is 18.8 Å². The van der Waals surface area contributed by atoms with Gasteiger partial charge in [-0.05, 0) is 39.7 Å². The molecule has 0 aliphatic carbocycles. The molecule has 22 heavy (non-hydrogen) atoms. The third-order valence-electron chi connectivity index (χ3n) is 4.23. The molecule has 0 saturated carbocycles.